The molecule has 1 fully saturated rings. The molecule has 1 aromatic carbocycles. The third-order valence-electron chi connectivity index (χ3n) is 4.45. The number of benzene rings is 1. The average molecular weight is 312 g/mol. The van der Waals surface area contributed by atoms with Crippen LogP contribution in [0.3, 0.4) is 0 Å². The second-order valence-electron chi connectivity index (χ2n) is 5.48. The Hall–Kier alpha value is -0.540. The summed E-state index contributed by atoms with van der Waals surface area (Å²) in [5, 5.41) is 3.39. The first-order valence-corrected chi connectivity index (χ1v) is 7.40. The van der Waals surface area contributed by atoms with Crippen molar-refractivity contribution in [2.45, 2.75) is 45.8 Å². The Morgan fingerprint density at radius 3 is 2.78 bits per heavy atom. The lowest BCUT2D eigenvalue weighted by molar-refractivity contribution is -0.0680. The van der Waals surface area contributed by atoms with Crippen LogP contribution in [0.1, 0.15) is 32.3 Å². The quantitative estimate of drug-likeness (QED) is 0.910. The molecule has 0 radical (unpaired) electrons. The van der Waals surface area contributed by atoms with E-state index in [4.69, 9.17) is 4.74 Å². The van der Waals surface area contributed by atoms with Gasteiger partial charge in [0.05, 0.1) is 4.47 Å². The largest absolute Gasteiger partial charge is 0.489 e. The van der Waals surface area contributed by atoms with Crippen molar-refractivity contribution in [3.8, 4) is 5.75 Å². The van der Waals surface area contributed by atoms with Crippen LogP contribution in [-0.4, -0.2) is 19.2 Å². The first-order valence-electron chi connectivity index (χ1n) is 6.61. The highest BCUT2D eigenvalue weighted by Crippen LogP contribution is 2.46. The number of nitrogens with one attached hydrogen (secondary N) is 1. The summed E-state index contributed by atoms with van der Waals surface area (Å²) in [7, 11) is 2.04. The monoisotopic (exact) mass is 311 g/mol. The van der Waals surface area contributed by atoms with Crippen LogP contribution in [0.15, 0.2) is 22.7 Å². The van der Waals surface area contributed by atoms with Crippen molar-refractivity contribution in [1.82, 2.24) is 5.32 Å². The number of ether oxygens (including phenoxy) is 1. The van der Waals surface area contributed by atoms with Gasteiger partial charge >= 0.3 is 0 Å². The molecule has 3 heteroatoms. The molecule has 0 saturated heterocycles. The SMILES string of the molecule is CCC1(C)C(NC)CC1Oc1ccc(C)cc1Br. The molecular weight excluding hydrogens is 290 g/mol. The van der Waals surface area contributed by atoms with E-state index in [1.54, 1.807) is 0 Å². The molecule has 0 bridgehead atoms. The lowest BCUT2D eigenvalue weighted by Crippen LogP contribution is -2.62. The first-order chi connectivity index (χ1) is 8.51. The molecule has 3 atom stereocenters. The van der Waals surface area contributed by atoms with Gasteiger partial charge in [-0.3, -0.25) is 0 Å². The molecule has 18 heavy (non-hydrogen) atoms. The van der Waals surface area contributed by atoms with Crippen molar-refractivity contribution in [3.05, 3.63) is 28.2 Å². The maximum absolute atomic E-state index is 6.19. The Labute approximate surface area is 118 Å². The van der Waals surface area contributed by atoms with Crippen molar-refractivity contribution in [1.29, 1.82) is 0 Å². The third-order valence-corrected chi connectivity index (χ3v) is 5.07. The van der Waals surface area contributed by atoms with Crippen LogP contribution in [-0.2, 0) is 0 Å². The standard InChI is InChI=1S/C15H22BrNO/c1-5-15(3)13(17-4)9-14(15)18-12-7-6-10(2)8-11(12)16/h6-8,13-14,17H,5,9H2,1-4H3. The van der Waals surface area contributed by atoms with E-state index in [-0.39, 0.29) is 5.41 Å². The summed E-state index contributed by atoms with van der Waals surface area (Å²) in [4.78, 5) is 0. The van der Waals surface area contributed by atoms with Gasteiger partial charge in [-0.25, -0.2) is 0 Å². The Balaban J connectivity index is 2.11. The number of aryl methyl sites for hydroxylation is 1. The van der Waals surface area contributed by atoms with Gasteiger partial charge in [-0.05, 0) is 54.0 Å². The lowest BCUT2D eigenvalue weighted by Gasteiger charge is -2.53. The van der Waals surface area contributed by atoms with Crippen LogP contribution >= 0.6 is 15.9 Å². The molecule has 0 aromatic heterocycles. The zero-order chi connectivity index (χ0) is 13.3. The summed E-state index contributed by atoms with van der Waals surface area (Å²) >= 11 is 3.58. The van der Waals surface area contributed by atoms with Crippen LogP contribution in [0.2, 0.25) is 0 Å². The highest BCUT2D eigenvalue weighted by molar-refractivity contribution is 9.10. The Kier molecular flexibility index (Phi) is 4.02. The smallest absolute Gasteiger partial charge is 0.133 e. The summed E-state index contributed by atoms with van der Waals surface area (Å²) < 4.78 is 7.24. The highest BCUT2D eigenvalue weighted by Gasteiger charge is 2.51. The van der Waals surface area contributed by atoms with Crippen LogP contribution in [0.25, 0.3) is 0 Å². The highest BCUT2D eigenvalue weighted by atomic mass is 79.9. The van der Waals surface area contributed by atoms with Gasteiger partial charge in [0.2, 0.25) is 0 Å². The number of hydrogen-bond acceptors (Lipinski definition) is 2. The molecule has 0 amide bonds. The predicted molar refractivity (Wildman–Crippen MR) is 79.2 cm³/mol. The molecule has 1 saturated carbocycles. The van der Waals surface area contributed by atoms with Crippen LogP contribution in [0, 0.1) is 12.3 Å². The van der Waals surface area contributed by atoms with Crippen LogP contribution in [0.5, 0.6) is 5.75 Å². The van der Waals surface area contributed by atoms with Gasteiger partial charge in [-0.2, -0.15) is 0 Å². The maximum Gasteiger partial charge on any atom is 0.133 e. The van der Waals surface area contributed by atoms with Crippen LogP contribution < -0.4 is 10.1 Å². The molecule has 0 aliphatic heterocycles. The molecule has 1 aliphatic carbocycles. The summed E-state index contributed by atoms with van der Waals surface area (Å²) in [5.41, 5.74) is 1.48. The molecule has 2 nitrogen and oxygen atoms in total. The van der Waals surface area contributed by atoms with E-state index in [1.165, 1.54) is 5.56 Å². The molecule has 0 heterocycles. The number of rotatable bonds is 4. The zero-order valence-electron chi connectivity index (χ0n) is 11.6. The predicted octanol–water partition coefficient (Wildman–Crippen LogP) is 3.91. The Bertz CT molecular complexity index is 435. The van der Waals surface area contributed by atoms with E-state index in [0.29, 0.717) is 12.1 Å². The van der Waals surface area contributed by atoms with Crippen molar-refractivity contribution in [2.24, 2.45) is 5.41 Å². The van der Waals surface area contributed by atoms with E-state index >= 15 is 0 Å². The van der Waals surface area contributed by atoms with Crippen molar-refractivity contribution >= 4 is 15.9 Å². The zero-order valence-corrected chi connectivity index (χ0v) is 13.2. The Morgan fingerprint density at radius 2 is 2.22 bits per heavy atom. The molecule has 2 rings (SSSR count). The second-order valence-corrected chi connectivity index (χ2v) is 6.33. The summed E-state index contributed by atoms with van der Waals surface area (Å²) in [6.07, 6.45) is 2.52. The second kappa shape index (κ2) is 5.22. The van der Waals surface area contributed by atoms with E-state index in [1.807, 2.05) is 7.05 Å². The van der Waals surface area contributed by atoms with Gasteiger partial charge in [0.1, 0.15) is 11.9 Å². The normalized spacial score (nSPS) is 30.9. The average Bonchev–Trinajstić information content (AvgIpc) is 2.35. The summed E-state index contributed by atoms with van der Waals surface area (Å²) in [6.45, 7) is 6.64. The van der Waals surface area contributed by atoms with Gasteiger partial charge in [0, 0.05) is 17.9 Å². The van der Waals surface area contributed by atoms with Crippen molar-refractivity contribution in [3.63, 3.8) is 0 Å². The van der Waals surface area contributed by atoms with E-state index in [2.05, 4.69) is 60.2 Å². The van der Waals surface area contributed by atoms with Gasteiger partial charge in [-0.1, -0.05) is 19.9 Å². The maximum atomic E-state index is 6.19. The van der Waals surface area contributed by atoms with E-state index in [0.717, 1.165) is 23.1 Å². The fourth-order valence-corrected chi connectivity index (χ4v) is 3.36. The van der Waals surface area contributed by atoms with Gasteiger partial charge in [0.25, 0.3) is 0 Å². The van der Waals surface area contributed by atoms with Gasteiger partial charge < -0.3 is 10.1 Å². The van der Waals surface area contributed by atoms with Crippen molar-refractivity contribution < 1.29 is 4.74 Å². The first kappa shape index (κ1) is 13.9. The number of halogens is 1. The van der Waals surface area contributed by atoms with Gasteiger partial charge in [-0.15, -0.1) is 0 Å². The number of hydrogen-bond donors (Lipinski definition) is 1. The van der Waals surface area contributed by atoms with E-state index < -0.39 is 0 Å². The topological polar surface area (TPSA) is 21.3 Å². The van der Waals surface area contributed by atoms with E-state index in [9.17, 15) is 0 Å². The molecule has 1 aliphatic rings. The lowest BCUT2D eigenvalue weighted by atomic mass is 9.61. The molecule has 1 aromatic rings. The minimum atomic E-state index is 0.235. The minimum Gasteiger partial charge on any atom is -0.489 e. The molecular formula is C15H22BrNO. The molecule has 1 N–H and O–H groups in total. The van der Waals surface area contributed by atoms with Crippen LogP contribution in [0.4, 0.5) is 0 Å². The fraction of sp³-hybridized carbons (Fsp3) is 0.600. The summed E-state index contributed by atoms with van der Waals surface area (Å²) in [5.74, 6) is 0.958. The molecule has 0 spiro atoms. The Morgan fingerprint density at radius 1 is 1.50 bits per heavy atom. The van der Waals surface area contributed by atoms with Crippen molar-refractivity contribution in [2.75, 3.05) is 7.05 Å². The van der Waals surface area contributed by atoms with Gasteiger partial charge in [0.15, 0.2) is 0 Å². The molecule has 100 valence electrons. The fourth-order valence-electron chi connectivity index (χ4n) is 2.78. The third kappa shape index (κ3) is 2.30. The summed E-state index contributed by atoms with van der Waals surface area (Å²) in [6, 6.07) is 6.82. The minimum absolute atomic E-state index is 0.235. The molecule has 3 unspecified atom stereocenters.